The highest BCUT2D eigenvalue weighted by Gasteiger charge is 2.14. The molecule has 1 saturated carbocycles. The van der Waals surface area contributed by atoms with Crippen LogP contribution in [0, 0.1) is 0 Å². The van der Waals surface area contributed by atoms with Gasteiger partial charge in [-0.3, -0.25) is 0 Å². The van der Waals surface area contributed by atoms with Crippen LogP contribution in [0.4, 0.5) is 11.4 Å². The topological polar surface area (TPSA) is 201 Å². The molecule has 0 spiro atoms. The van der Waals surface area contributed by atoms with Crippen LogP contribution in [0.5, 0.6) is 5.75 Å². The van der Waals surface area contributed by atoms with Crippen LogP contribution in [-0.2, 0) is 0 Å². The van der Waals surface area contributed by atoms with E-state index in [4.69, 9.17) is 27.7 Å². The van der Waals surface area contributed by atoms with E-state index in [0.717, 1.165) is 12.8 Å². The first kappa shape index (κ1) is 24.5. The quantitative estimate of drug-likeness (QED) is 0.445. The molecule has 1 aliphatic rings. The molecule has 0 unspecified atom stereocenters. The number of aliphatic imine (C=N–C) groups is 2. The van der Waals surface area contributed by atoms with Crippen LogP contribution < -0.4 is 27.7 Å². The van der Waals surface area contributed by atoms with E-state index in [1.165, 1.54) is 44.9 Å². The van der Waals surface area contributed by atoms with Crippen molar-refractivity contribution in [3.8, 4) is 5.75 Å². The fourth-order valence-corrected chi connectivity index (χ4v) is 3.12. The maximum Gasteiger partial charge on any atom is 0.191 e. The molecule has 1 aromatic rings. The highest BCUT2D eigenvalue weighted by Crippen LogP contribution is 2.34. The van der Waals surface area contributed by atoms with Crippen molar-refractivity contribution in [2.75, 3.05) is 0 Å². The maximum atomic E-state index is 6.25. The molecule has 1 aliphatic carbocycles. The zero-order valence-corrected chi connectivity index (χ0v) is 15.8. The molecule has 2 rings (SSSR count). The number of nitrogens with zero attached hydrogens (tertiary/aromatic N) is 2. The minimum atomic E-state index is -0.0300. The van der Waals surface area contributed by atoms with Crippen molar-refractivity contribution in [1.82, 2.24) is 0 Å². The highest BCUT2D eigenvalue weighted by atomic mass is 16.5. The Bertz CT molecular complexity index is 603. The zero-order valence-electron chi connectivity index (χ0n) is 15.8. The van der Waals surface area contributed by atoms with Crippen LogP contribution >= 0.6 is 0 Å². The molecule has 0 bridgehead atoms. The van der Waals surface area contributed by atoms with Gasteiger partial charge in [-0.15, -0.1) is 0 Å². The summed E-state index contributed by atoms with van der Waals surface area (Å²) in [6.07, 6.45) is 11.2. The molecule has 0 aromatic heterocycles. The lowest BCUT2D eigenvalue weighted by atomic mass is 9.99. The second kappa shape index (κ2) is 12.8. The lowest BCUT2D eigenvalue weighted by molar-refractivity contribution is 0.171. The minimum absolute atomic E-state index is 0. The predicted molar refractivity (Wildman–Crippen MR) is 111 cm³/mol. The molecule has 27 heavy (non-hydrogen) atoms. The lowest BCUT2D eigenvalue weighted by Crippen LogP contribution is -2.22. The number of guanidine groups is 2. The third-order valence-electron chi connectivity index (χ3n) is 4.30. The first-order chi connectivity index (χ1) is 12.0. The molecule has 0 heterocycles. The molecule has 0 aliphatic heterocycles. The Morgan fingerprint density at radius 2 is 1.30 bits per heavy atom. The molecule has 12 N–H and O–H groups in total. The highest BCUT2D eigenvalue weighted by molar-refractivity contribution is 5.82. The molecule has 1 fully saturated rings. The van der Waals surface area contributed by atoms with Crippen LogP contribution in [0.3, 0.4) is 0 Å². The van der Waals surface area contributed by atoms with E-state index in [-0.39, 0.29) is 29.0 Å². The van der Waals surface area contributed by atoms with Gasteiger partial charge in [-0.05, 0) is 43.9 Å². The van der Waals surface area contributed by atoms with E-state index in [9.17, 15) is 0 Å². The van der Waals surface area contributed by atoms with Gasteiger partial charge < -0.3 is 38.6 Å². The predicted octanol–water partition coefficient (Wildman–Crippen LogP) is 1.12. The summed E-state index contributed by atoms with van der Waals surface area (Å²) in [5.74, 6) is 0.610. The summed E-state index contributed by atoms with van der Waals surface area (Å²) < 4.78 is 6.25. The van der Waals surface area contributed by atoms with Gasteiger partial charge in [0, 0.05) is 0 Å². The second-order valence-electron chi connectivity index (χ2n) is 6.52. The van der Waals surface area contributed by atoms with Crippen molar-refractivity contribution in [1.29, 1.82) is 0 Å². The number of nitrogens with two attached hydrogens (primary N) is 4. The van der Waals surface area contributed by atoms with E-state index in [2.05, 4.69) is 9.98 Å². The zero-order chi connectivity index (χ0) is 18.1. The molecular weight excluding hydrogens is 348 g/mol. The summed E-state index contributed by atoms with van der Waals surface area (Å²) in [6.45, 7) is 0. The molecule has 154 valence electrons. The first-order valence-electron chi connectivity index (χ1n) is 9.04. The number of hydrogen-bond donors (Lipinski definition) is 4. The van der Waals surface area contributed by atoms with Crippen LogP contribution in [0.1, 0.15) is 57.8 Å². The Balaban J connectivity index is 0.00000338. The van der Waals surface area contributed by atoms with Gasteiger partial charge in [0.05, 0.1) is 11.8 Å². The Labute approximate surface area is 160 Å². The van der Waals surface area contributed by atoms with E-state index in [1.54, 1.807) is 12.1 Å². The summed E-state index contributed by atoms with van der Waals surface area (Å²) in [5.41, 5.74) is 23.1. The molecular formula is C18H34N6O3. The number of ether oxygens (including phenoxy) is 1. The van der Waals surface area contributed by atoms with Gasteiger partial charge in [-0.25, -0.2) is 9.98 Å². The maximum absolute atomic E-state index is 6.25. The second-order valence-corrected chi connectivity index (χ2v) is 6.52. The van der Waals surface area contributed by atoms with Crippen molar-refractivity contribution in [2.45, 2.75) is 63.9 Å². The fourth-order valence-electron chi connectivity index (χ4n) is 3.12. The smallest absolute Gasteiger partial charge is 0.191 e. The van der Waals surface area contributed by atoms with E-state index >= 15 is 0 Å². The van der Waals surface area contributed by atoms with E-state index in [0.29, 0.717) is 17.1 Å². The van der Waals surface area contributed by atoms with Crippen molar-refractivity contribution in [2.24, 2.45) is 32.9 Å². The van der Waals surface area contributed by atoms with Crippen molar-refractivity contribution in [3.63, 3.8) is 0 Å². The van der Waals surface area contributed by atoms with Gasteiger partial charge in [0.15, 0.2) is 11.9 Å². The van der Waals surface area contributed by atoms with E-state index < -0.39 is 0 Å². The molecule has 1 aromatic carbocycles. The molecule has 0 atom stereocenters. The van der Waals surface area contributed by atoms with Gasteiger partial charge in [0.25, 0.3) is 0 Å². The molecule has 0 radical (unpaired) electrons. The van der Waals surface area contributed by atoms with Crippen LogP contribution in [-0.4, -0.2) is 29.0 Å². The van der Waals surface area contributed by atoms with Crippen molar-refractivity contribution >= 4 is 23.3 Å². The molecule has 9 heteroatoms. The van der Waals surface area contributed by atoms with Crippen molar-refractivity contribution < 1.29 is 15.7 Å². The molecule has 0 amide bonds. The standard InChI is InChI=1S/C18H30N6O.2H2O/c19-17(20)23-13-10-11-16(15(12-13)24-18(21)22)25-14-8-6-4-2-1-3-5-7-9-14;;/h10-12,14H,1-9H2,(H4,19,20,23)(H4,21,22,24);2*1H2. The Kier molecular flexibility index (Phi) is 11.6. The lowest BCUT2D eigenvalue weighted by Gasteiger charge is -2.21. The van der Waals surface area contributed by atoms with Gasteiger partial charge in [-0.1, -0.05) is 32.1 Å². The molecule has 0 saturated heterocycles. The fraction of sp³-hybridized carbons (Fsp3) is 0.556. The van der Waals surface area contributed by atoms with Crippen LogP contribution in [0.25, 0.3) is 0 Å². The molecule has 9 nitrogen and oxygen atoms in total. The monoisotopic (exact) mass is 382 g/mol. The Morgan fingerprint density at radius 1 is 0.778 bits per heavy atom. The number of rotatable bonds is 4. The van der Waals surface area contributed by atoms with Gasteiger partial charge >= 0.3 is 0 Å². The average molecular weight is 383 g/mol. The minimum Gasteiger partial charge on any atom is -0.488 e. The van der Waals surface area contributed by atoms with Gasteiger partial charge in [0.1, 0.15) is 11.4 Å². The SMILES string of the molecule is NC(N)=Nc1ccc(OC2CCCCCCCCC2)c(N=C(N)N)c1.O.O. The third-order valence-corrected chi connectivity index (χ3v) is 4.30. The number of hydrogen-bond acceptors (Lipinski definition) is 3. The number of benzene rings is 1. The van der Waals surface area contributed by atoms with Crippen molar-refractivity contribution in [3.05, 3.63) is 18.2 Å². The first-order valence-corrected chi connectivity index (χ1v) is 9.04. The Morgan fingerprint density at radius 3 is 1.81 bits per heavy atom. The summed E-state index contributed by atoms with van der Waals surface area (Å²) in [7, 11) is 0. The van der Waals surface area contributed by atoms with E-state index in [1.807, 2.05) is 6.07 Å². The normalized spacial score (nSPS) is 15.4. The average Bonchev–Trinajstić information content (AvgIpc) is 2.55. The summed E-state index contributed by atoms with van der Waals surface area (Å²) in [5, 5.41) is 0. The summed E-state index contributed by atoms with van der Waals surface area (Å²) in [6, 6.07) is 5.33. The summed E-state index contributed by atoms with van der Waals surface area (Å²) in [4.78, 5) is 8.20. The third kappa shape index (κ3) is 9.11. The summed E-state index contributed by atoms with van der Waals surface area (Å²) >= 11 is 0. The van der Waals surface area contributed by atoms with Gasteiger partial charge in [0.2, 0.25) is 0 Å². The van der Waals surface area contributed by atoms with Crippen LogP contribution in [0.15, 0.2) is 28.2 Å². The largest absolute Gasteiger partial charge is 0.488 e. The van der Waals surface area contributed by atoms with Crippen LogP contribution in [0.2, 0.25) is 0 Å². The Hall–Kier alpha value is -2.52. The van der Waals surface area contributed by atoms with Gasteiger partial charge in [-0.2, -0.15) is 0 Å².